The molecule has 0 unspecified atom stereocenters. The number of halogens is 1. The van der Waals surface area contributed by atoms with E-state index in [1.54, 1.807) is 0 Å². The molecule has 15 aromatic rings. The van der Waals surface area contributed by atoms with E-state index in [0.29, 0.717) is 11.1 Å². The van der Waals surface area contributed by atoms with Crippen LogP contribution < -0.4 is 0 Å². The van der Waals surface area contributed by atoms with E-state index in [0.717, 1.165) is 37.7 Å². The van der Waals surface area contributed by atoms with Gasteiger partial charge in [-0.15, -0.1) is 22.7 Å². The summed E-state index contributed by atoms with van der Waals surface area (Å²) in [6, 6.07) is 77.1. The van der Waals surface area contributed by atoms with E-state index in [1.807, 2.05) is 59.1 Å². The Labute approximate surface area is 416 Å². The van der Waals surface area contributed by atoms with Crippen molar-refractivity contribution in [1.29, 1.82) is 10.5 Å². The molecule has 0 atom stereocenters. The quantitative estimate of drug-likeness (QED) is 0.177. The van der Waals surface area contributed by atoms with E-state index in [-0.39, 0.29) is 0 Å². The third-order valence-electron chi connectivity index (χ3n) is 13.8. The van der Waals surface area contributed by atoms with Gasteiger partial charge < -0.3 is 13.7 Å². The Morgan fingerprint density at radius 1 is 0.329 bits per heavy atom. The summed E-state index contributed by atoms with van der Waals surface area (Å²) in [6.45, 7) is 0. The van der Waals surface area contributed by atoms with Gasteiger partial charge in [0.1, 0.15) is 0 Å². The molecular formula is C62H34BrN5S2. The highest BCUT2D eigenvalue weighted by molar-refractivity contribution is 9.10. The Kier molecular flexibility index (Phi) is 9.14. The van der Waals surface area contributed by atoms with Crippen LogP contribution in [0.3, 0.4) is 0 Å². The molecule has 0 fully saturated rings. The lowest BCUT2D eigenvalue weighted by Crippen LogP contribution is -1.98. The van der Waals surface area contributed by atoms with Crippen LogP contribution in [-0.4, -0.2) is 13.7 Å². The molecule has 0 saturated heterocycles. The molecule has 10 aromatic carbocycles. The minimum absolute atomic E-state index is 0.598. The molecule has 0 aliphatic heterocycles. The zero-order chi connectivity index (χ0) is 46.6. The first-order valence-electron chi connectivity index (χ1n) is 23.0. The van der Waals surface area contributed by atoms with E-state index in [4.69, 9.17) is 0 Å². The van der Waals surface area contributed by atoms with Crippen molar-refractivity contribution in [3.8, 4) is 29.2 Å². The molecule has 0 bridgehead atoms. The number of fused-ring (bicyclic) bond motifs is 17. The lowest BCUT2D eigenvalue weighted by molar-refractivity contribution is 1.13. The molecule has 8 heteroatoms. The zero-order valence-corrected chi connectivity index (χ0v) is 40.3. The van der Waals surface area contributed by atoms with E-state index >= 15 is 0 Å². The van der Waals surface area contributed by atoms with Gasteiger partial charge in [-0.25, -0.2) is 0 Å². The second kappa shape index (κ2) is 15.8. The number of hydrogen-bond acceptors (Lipinski definition) is 4. The van der Waals surface area contributed by atoms with Gasteiger partial charge in [0.25, 0.3) is 0 Å². The largest absolute Gasteiger partial charge is 0.309 e. The smallest absolute Gasteiger partial charge is 0.0991 e. The van der Waals surface area contributed by atoms with Crippen molar-refractivity contribution in [1.82, 2.24) is 13.7 Å². The monoisotopic (exact) mass is 991 g/mol. The van der Waals surface area contributed by atoms with Crippen LogP contribution in [0.1, 0.15) is 11.1 Å². The van der Waals surface area contributed by atoms with Gasteiger partial charge >= 0.3 is 0 Å². The summed E-state index contributed by atoms with van der Waals surface area (Å²) < 4.78 is 13.4. The Morgan fingerprint density at radius 2 is 0.729 bits per heavy atom. The number of thiophene rings is 2. The van der Waals surface area contributed by atoms with Gasteiger partial charge in [0.15, 0.2) is 0 Å². The second-order valence-corrected chi connectivity index (χ2v) is 20.6. The molecule has 70 heavy (non-hydrogen) atoms. The van der Waals surface area contributed by atoms with Crippen molar-refractivity contribution in [2.45, 2.75) is 0 Å². The number of para-hydroxylation sites is 2. The first-order chi connectivity index (χ1) is 34.5. The molecule has 0 aliphatic carbocycles. The number of hydrogen-bond donors (Lipinski definition) is 0. The van der Waals surface area contributed by atoms with E-state index in [9.17, 15) is 10.5 Å². The van der Waals surface area contributed by atoms with Crippen LogP contribution in [0.2, 0.25) is 0 Å². The average molecular weight is 993 g/mol. The number of nitriles is 2. The third-order valence-corrected chi connectivity index (χ3v) is 16.7. The summed E-state index contributed by atoms with van der Waals surface area (Å²) in [6.07, 6.45) is 0. The van der Waals surface area contributed by atoms with Crippen LogP contribution >= 0.6 is 38.6 Å². The van der Waals surface area contributed by atoms with Crippen molar-refractivity contribution < 1.29 is 0 Å². The first-order valence-corrected chi connectivity index (χ1v) is 25.4. The van der Waals surface area contributed by atoms with Gasteiger partial charge in [-0.05, 0) is 109 Å². The number of aromatic nitrogens is 3. The summed E-state index contributed by atoms with van der Waals surface area (Å²) in [5.74, 6) is 0. The van der Waals surface area contributed by atoms with Crippen molar-refractivity contribution in [3.05, 3.63) is 222 Å². The van der Waals surface area contributed by atoms with E-state index in [1.165, 1.54) is 89.6 Å². The van der Waals surface area contributed by atoms with E-state index in [2.05, 4.69) is 212 Å². The molecular weight excluding hydrogens is 959 g/mol. The van der Waals surface area contributed by atoms with Gasteiger partial charge in [0.2, 0.25) is 0 Å². The van der Waals surface area contributed by atoms with Gasteiger partial charge in [0, 0.05) is 94.2 Å². The van der Waals surface area contributed by atoms with Gasteiger partial charge in [-0.3, -0.25) is 0 Å². The fourth-order valence-electron chi connectivity index (χ4n) is 10.9. The van der Waals surface area contributed by atoms with Crippen LogP contribution in [0, 0.1) is 22.7 Å². The average Bonchev–Trinajstić information content (AvgIpc) is 4.22. The van der Waals surface area contributed by atoms with Crippen LogP contribution in [0.5, 0.6) is 0 Å². The van der Waals surface area contributed by atoms with E-state index < -0.39 is 0 Å². The predicted molar refractivity (Wildman–Crippen MR) is 299 cm³/mol. The molecule has 0 spiro atoms. The highest BCUT2D eigenvalue weighted by atomic mass is 79.9. The molecule has 0 aliphatic rings. The molecule has 326 valence electrons. The van der Waals surface area contributed by atoms with Crippen LogP contribution in [0.4, 0.5) is 0 Å². The highest BCUT2D eigenvalue weighted by Gasteiger charge is 2.20. The minimum Gasteiger partial charge on any atom is -0.309 e. The Bertz CT molecular complexity index is 4710. The van der Waals surface area contributed by atoms with Crippen molar-refractivity contribution in [2.24, 2.45) is 0 Å². The molecule has 5 heterocycles. The molecule has 0 saturated carbocycles. The number of benzene rings is 10. The maximum absolute atomic E-state index is 9.60. The summed E-state index contributed by atoms with van der Waals surface area (Å²) in [7, 11) is 0. The van der Waals surface area contributed by atoms with Crippen molar-refractivity contribution >= 4 is 144 Å². The third kappa shape index (κ3) is 6.05. The summed E-state index contributed by atoms with van der Waals surface area (Å²) >= 11 is 7.38. The fourth-order valence-corrected chi connectivity index (χ4v) is 13.8. The minimum atomic E-state index is 0.598. The van der Waals surface area contributed by atoms with Crippen LogP contribution in [-0.2, 0) is 0 Å². The zero-order valence-electron chi connectivity index (χ0n) is 37.1. The topological polar surface area (TPSA) is 62.4 Å². The Hall–Kier alpha value is -8.50. The lowest BCUT2D eigenvalue weighted by atomic mass is 10.1. The normalized spacial score (nSPS) is 11.8. The van der Waals surface area contributed by atoms with Crippen LogP contribution in [0.25, 0.3) is 123 Å². The van der Waals surface area contributed by atoms with Gasteiger partial charge in [0.05, 0.1) is 56.4 Å². The highest BCUT2D eigenvalue weighted by Crippen LogP contribution is 2.45. The number of rotatable bonds is 3. The molecule has 5 nitrogen and oxygen atoms in total. The predicted octanol–water partition coefficient (Wildman–Crippen LogP) is 17.9. The van der Waals surface area contributed by atoms with Gasteiger partial charge in [-0.2, -0.15) is 10.5 Å². The SMILES string of the molecule is Brc1cccc(-n2c3ccccc3c3c4sc5ccccc5c4ccc32)c1.N#Cc1ccc2c(c1)c1cc(C#N)ccc1n2-c1cccc(-n2c3ccccc3c3c4sc5ccccc5c4ccc32)c1. The van der Waals surface area contributed by atoms with Gasteiger partial charge in [-0.1, -0.05) is 113 Å². The Balaban J connectivity index is 0.000000146. The molecule has 5 aromatic heterocycles. The summed E-state index contributed by atoms with van der Waals surface area (Å²) in [5.41, 5.74) is 11.3. The molecule has 0 N–H and O–H groups in total. The summed E-state index contributed by atoms with van der Waals surface area (Å²) in [5, 5.41) is 31.6. The molecule has 15 rings (SSSR count). The van der Waals surface area contributed by atoms with Crippen LogP contribution in [0.15, 0.2) is 211 Å². The fraction of sp³-hybridized carbons (Fsp3) is 0. The Morgan fingerprint density at radius 3 is 1.21 bits per heavy atom. The van der Waals surface area contributed by atoms with Crippen molar-refractivity contribution in [2.75, 3.05) is 0 Å². The maximum Gasteiger partial charge on any atom is 0.0991 e. The molecule has 0 radical (unpaired) electrons. The first kappa shape index (κ1) is 40.6. The summed E-state index contributed by atoms with van der Waals surface area (Å²) in [4.78, 5) is 0. The van der Waals surface area contributed by atoms with Crippen molar-refractivity contribution in [3.63, 3.8) is 0 Å². The number of nitrogens with zero attached hydrogens (tertiary/aromatic N) is 5. The molecule has 0 amide bonds. The standard InChI is InChI=1S/C38H20N4S.C24H14BrNS/c39-21-23-12-15-33-30(18-23)31-19-24(22-40)13-16-34(31)41(33)25-6-5-7-26(20-25)42-32-10-3-1-9-29(32)37-35(42)17-14-28-27-8-2-4-11-36(27)43-38(28)37;25-15-6-5-7-16(14-15)26-20-10-3-1-9-19(20)23-21(26)13-12-18-17-8-2-4-11-22(17)27-24(18)23/h1-20H;1-14H. The lowest BCUT2D eigenvalue weighted by Gasteiger charge is -2.13. The maximum atomic E-state index is 9.60. The second-order valence-electron chi connectivity index (χ2n) is 17.6.